The molecule has 8 nitrogen and oxygen atoms in total. The number of aromatic nitrogens is 2. The van der Waals surface area contributed by atoms with Gasteiger partial charge in [0.25, 0.3) is 5.91 Å². The van der Waals surface area contributed by atoms with E-state index < -0.39 is 5.97 Å². The number of aryl methyl sites for hydroxylation is 1. The number of anilines is 1. The lowest BCUT2D eigenvalue weighted by atomic mass is 9.81. The number of carboxylic acid groups (broad SMARTS) is 1. The van der Waals surface area contributed by atoms with E-state index in [0.29, 0.717) is 18.1 Å². The lowest BCUT2D eigenvalue weighted by molar-refractivity contribution is -0.136. The van der Waals surface area contributed by atoms with Gasteiger partial charge in [0.2, 0.25) is 0 Å². The third-order valence-corrected chi connectivity index (χ3v) is 7.10. The fourth-order valence-electron chi connectivity index (χ4n) is 5.17. The summed E-state index contributed by atoms with van der Waals surface area (Å²) in [4.78, 5) is 23.1. The first-order chi connectivity index (χ1) is 18.5. The van der Waals surface area contributed by atoms with Gasteiger partial charge in [-0.1, -0.05) is 32.3 Å². The Balaban J connectivity index is 1.58. The second-order valence-corrected chi connectivity index (χ2v) is 9.76. The molecule has 1 heterocycles. The number of nitrogens with one attached hydrogen (secondary N) is 2. The fourth-order valence-corrected chi connectivity index (χ4v) is 5.17. The average Bonchev–Trinajstić information content (AvgIpc) is 3.37. The molecular weight excluding hydrogens is 480 g/mol. The predicted octanol–water partition coefficient (Wildman–Crippen LogP) is 5.77. The quantitative estimate of drug-likeness (QED) is 0.281. The number of carbonyl (C=O) groups is 2. The van der Waals surface area contributed by atoms with Crippen molar-refractivity contribution in [2.45, 2.75) is 64.8 Å². The summed E-state index contributed by atoms with van der Waals surface area (Å²) in [6.45, 7) is 4.84. The summed E-state index contributed by atoms with van der Waals surface area (Å²) in [7, 11) is 0. The summed E-state index contributed by atoms with van der Waals surface area (Å²) in [5, 5.41) is 20.2. The third kappa shape index (κ3) is 6.94. The number of carbonyl (C=O) groups excluding carboxylic acids is 1. The summed E-state index contributed by atoms with van der Waals surface area (Å²) < 4.78 is 7.66. The SMILES string of the molecule is CCOc1cccc(-n2cc(C(Nc3ccc(C(=O)NCCC(=O)O)cc3)C3CCCCC3)c(CC)n2)c1. The van der Waals surface area contributed by atoms with Gasteiger partial charge in [-0.15, -0.1) is 0 Å². The minimum atomic E-state index is -0.935. The lowest BCUT2D eigenvalue weighted by Crippen LogP contribution is -2.26. The average molecular weight is 519 g/mol. The standard InChI is InChI=1S/C30H38N4O4/c1-3-27-26(20-34(33-27)24-11-8-12-25(19-24)38-4-2)29(21-9-6-5-7-10-21)32-23-15-13-22(14-16-23)30(37)31-18-17-28(35)36/h8,11-16,19-21,29,32H,3-7,9-10,17-18H2,1-2H3,(H,31,37)(H,35,36). The second-order valence-electron chi connectivity index (χ2n) is 9.76. The maximum absolute atomic E-state index is 12.4. The van der Waals surface area contributed by atoms with Gasteiger partial charge >= 0.3 is 5.97 Å². The monoisotopic (exact) mass is 518 g/mol. The zero-order valence-electron chi connectivity index (χ0n) is 22.3. The van der Waals surface area contributed by atoms with Crippen molar-refractivity contribution in [2.24, 2.45) is 5.92 Å². The highest BCUT2D eigenvalue weighted by Gasteiger charge is 2.29. The van der Waals surface area contributed by atoms with E-state index in [1.54, 1.807) is 12.1 Å². The maximum Gasteiger partial charge on any atom is 0.305 e. The summed E-state index contributed by atoms with van der Waals surface area (Å²) >= 11 is 0. The van der Waals surface area contributed by atoms with Gasteiger partial charge in [-0.3, -0.25) is 9.59 Å². The van der Waals surface area contributed by atoms with Crippen LogP contribution in [-0.4, -0.2) is 39.9 Å². The van der Waals surface area contributed by atoms with Crippen LogP contribution < -0.4 is 15.4 Å². The molecule has 1 unspecified atom stereocenters. The van der Waals surface area contributed by atoms with Crippen molar-refractivity contribution in [1.82, 2.24) is 15.1 Å². The molecule has 1 amide bonds. The molecule has 1 atom stereocenters. The molecule has 0 saturated heterocycles. The Morgan fingerprint density at radius 1 is 1.11 bits per heavy atom. The Labute approximate surface area is 224 Å². The van der Waals surface area contributed by atoms with E-state index in [-0.39, 0.29) is 24.9 Å². The van der Waals surface area contributed by atoms with Gasteiger partial charge in [-0.25, -0.2) is 4.68 Å². The van der Waals surface area contributed by atoms with Crippen LogP contribution in [0.25, 0.3) is 5.69 Å². The summed E-state index contributed by atoms with van der Waals surface area (Å²) in [5.41, 5.74) is 4.70. The van der Waals surface area contributed by atoms with Crippen molar-refractivity contribution in [3.05, 3.63) is 71.5 Å². The molecule has 1 aliphatic carbocycles. The van der Waals surface area contributed by atoms with Gasteiger partial charge in [-0.05, 0) is 68.5 Å². The first kappa shape index (κ1) is 27.2. The molecule has 0 bridgehead atoms. The number of nitrogens with zero attached hydrogens (tertiary/aromatic N) is 2. The summed E-state index contributed by atoms with van der Waals surface area (Å²) in [6, 6.07) is 15.5. The highest BCUT2D eigenvalue weighted by Crippen LogP contribution is 2.38. The molecule has 0 radical (unpaired) electrons. The number of hydrogen-bond acceptors (Lipinski definition) is 5. The lowest BCUT2D eigenvalue weighted by Gasteiger charge is -2.32. The minimum absolute atomic E-state index is 0.0994. The van der Waals surface area contributed by atoms with E-state index in [2.05, 4.69) is 23.8 Å². The Bertz CT molecular complexity index is 1220. The number of benzene rings is 2. The molecule has 1 fully saturated rings. The van der Waals surface area contributed by atoms with Crippen molar-refractivity contribution >= 4 is 17.6 Å². The summed E-state index contributed by atoms with van der Waals surface area (Å²) in [5.74, 6) is 0.107. The largest absolute Gasteiger partial charge is 0.494 e. The minimum Gasteiger partial charge on any atom is -0.494 e. The molecule has 8 heteroatoms. The Hall–Kier alpha value is -3.81. The van der Waals surface area contributed by atoms with Crippen LogP contribution in [-0.2, 0) is 11.2 Å². The van der Waals surface area contributed by atoms with Gasteiger partial charge in [0.05, 0.1) is 30.5 Å². The molecule has 2 aromatic carbocycles. The molecule has 1 saturated carbocycles. The van der Waals surface area contributed by atoms with Gasteiger partial charge in [-0.2, -0.15) is 5.10 Å². The van der Waals surface area contributed by atoms with Gasteiger partial charge in [0.15, 0.2) is 0 Å². The molecule has 1 aromatic heterocycles. The van der Waals surface area contributed by atoms with Crippen molar-refractivity contribution in [3.8, 4) is 11.4 Å². The Kier molecular flexibility index (Phi) is 9.40. The second kappa shape index (κ2) is 13.1. The molecular formula is C30H38N4O4. The van der Waals surface area contributed by atoms with Crippen LogP contribution >= 0.6 is 0 Å². The highest BCUT2D eigenvalue weighted by atomic mass is 16.5. The van der Waals surface area contributed by atoms with Crippen molar-refractivity contribution in [1.29, 1.82) is 0 Å². The smallest absolute Gasteiger partial charge is 0.305 e. The van der Waals surface area contributed by atoms with Crippen molar-refractivity contribution < 1.29 is 19.4 Å². The highest BCUT2D eigenvalue weighted by molar-refractivity contribution is 5.94. The van der Waals surface area contributed by atoms with Crippen LogP contribution in [0.5, 0.6) is 5.75 Å². The number of carboxylic acids is 1. The van der Waals surface area contributed by atoms with E-state index in [4.69, 9.17) is 14.9 Å². The topological polar surface area (TPSA) is 105 Å². The summed E-state index contributed by atoms with van der Waals surface area (Å²) in [6.07, 6.45) is 8.94. The van der Waals surface area contributed by atoms with Crippen LogP contribution in [0.2, 0.25) is 0 Å². The number of amides is 1. The number of aliphatic carboxylic acids is 1. The van der Waals surface area contributed by atoms with E-state index >= 15 is 0 Å². The molecule has 38 heavy (non-hydrogen) atoms. The van der Waals surface area contributed by atoms with Crippen molar-refractivity contribution in [3.63, 3.8) is 0 Å². The van der Waals surface area contributed by atoms with E-state index in [0.717, 1.165) is 42.1 Å². The molecule has 202 valence electrons. The van der Waals surface area contributed by atoms with Crippen molar-refractivity contribution in [2.75, 3.05) is 18.5 Å². The van der Waals surface area contributed by atoms with Crippen LogP contribution in [0.3, 0.4) is 0 Å². The number of rotatable bonds is 12. The molecule has 0 aliphatic heterocycles. The zero-order chi connectivity index (χ0) is 26.9. The first-order valence-electron chi connectivity index (χ1n) is 13.7. The molecule has 3 aromatic rings. The third-order valence-electron chi connectivity index (χ3n) is 7.10. The van der Waals surface area contributed by atoms with Gasteiger partial charge in [0.1, 0.15) is 5.75 Å². The Morgan fingerprint density at radius 3 is 2.55 bits per heavy atom. The first-order valence-corrected chi connectivity index (χ1v) is 13.7. The van der Waals surface area contributed by atoms with Gasteiger partial charge < -0.3 is 20.5 Å². The van der Waals surface area contributed by atoms with Crippen LogP contribution in [0, 0.1) is 5.92 Å². The normalized spacial score (nSPS) is 14.6. The van der Waals surface area contributed by atoms with E-state index in [9.17, 15) is 9.59 Å². The molecule has 0 spiro atoms. The molecule has 1 aliphatic rings. The van der Waals surface area contributed by atoms with E-state index in [1.807, 2.05) is 48.0 Å². The predicted molar refractivity (Wildman–Crippen MR) is 148 cm³/mol. The number of ether oxygens (including phenoxy) is 1. The molecule has 4 rings (SSSR count). The van der Waals surface area contributed by atoms with Crippen LogP contribution in [0.15, 0.2) is 54.7 Å². The fraction of sp³-hybridized carbons (Fsp3) is 0.433. The maximum atomic E-state index is 12.4. The number of hydrogen-bond donors (Lipinski definition) is 3. The van der Waals surface area contributed by atoms with Crippen LogP contribution in [0.4, 0.5) is 5.69 Å². The van der Waals surface area contributed by atoms with Gasteiger partial charge in [0, 0.05) is 35.6 Å². The van der Waals surface area contributed by atoms with E-state index in [1.165, 1.54) is 24.8 Å². The Morgan fingerprint density at radius 2 is 1.87 bits per heavy atom. The zero-order valence-corrected chi connectivity index (χ0v) is 22.3. The van der Waals surface area contributed by atoms with Crippen LogP contribution in [0.1, 0.15) is 80.0 Å². The molecule has 3 N–H and O–H groups in total.